The van der Waals surface area contributed by atoms with Gasteiger partial charge in [-0.1, -0.05) is 0 Å². The van der Waals surface area contributed by atoms with Crippen LogP contribution >= 0.6 is 35.2 Å². The molecule has 4 heteroatoms. The Morgan fingerprint density at radius 1 is 1.45 bits per heavy atom. The summed E-state index contributed by atoms with van der Waals surface area (Å²) in [4.78, 5) is 0.213. The van der Waals surface area contributed by atoms with E-state index in [1.165, 1.54) is 13.0 Å². The van der Waals surface area contributed by atoms with E-state index in [1.54, 1.807) is 0 Å². The van der Waals surface area contributed by atoms with Gasteiger partial charge in [0.05, 0.1) is 4.90 Å². The van der Waals surface area contributed by atoms with Gasteiger partial charge in [0, 0.05) is 9.13 Å². The Labute approximate surface area is 82.5 Å². The molecule has 60 valence electrons. The Hall–Kier alpha value is 0.160. The standard InChI is InChI=1S/C7H5F2IS/c1-3-4(8)2-5(10)7(11)6(3)9/h2,11H,1H3. The first-order valence-electron chi connectivity index (χ1n) is 2.87. The molecule has 0 N–H and O–H groups in total. The van der Waals surface area contributed by atoms with Gasteiger partial charge < -0.3 is 0 Å². The topological polar surface area (TPSA) is 0 Å². The molecule has 0 saturated carbocycles. The quantitative estimate of drug-likeness (QED) is 0.549. The lowest BCUT2D eigenvalue weighted by Crippen LogP contribution is -1.92. The predicted octanol–water partition coefficient (Wildman–Crippen LogP) is 3.17. The van der Waals surface area contributed by atoms with Crippen LogP contribution in [0.4, 0.5) is 8.78 Å². The summed E-state index contributed by atoms with van der Waals surface area (Å²) in [7, 11) is 0. The average Bonchev–Trinajstić information content (AvgIpc) is 1.97. The maximum absolute atomic E-state index is 12.9. The Bertz CT molecular complexity index is 273. The van der Waals surface area contributed by atoms with Crippen molar-refractivity contribution in [3.63, 3.8) is 0 Å². The molecule has 0 nitrogen and oxygen atoms in total. The number of hydrogen-bond acceptors (Lipinski definition) is 1. The molecule has 0 spiro atoms. The van der Waals surface area contributed by atoms with Gasteiger partial charge >= 0.3 is 0 Å². The number of rotatable bonds is 0. The largest absolute Gasteiger partial charge is 0.207 e. The highest BCUT2D eigenvalue weighted by atomic mass is 127. The Morgan fingerprint density at radius 2 is 2.00 bits per heavy atom. The van der Waals surface area contributed by atoms with E-state index in [0.29, 0.717) is 3.57 Å². The van der Waals surface area contributed by atoms with Gasteiger partial charge in [-0.05, 0) is 35.6 Å². The molecular weight excluding hydrogens is 281 g/mol. The molecule has 0 heterocycles. The van der Waals surface area contributed by atoms with Crippen LogP contribution < -0.4 is 0 Å². The normalized spacial score (nSPS) is 10.3. The molecule has 1 aromatic rings. The second-order valence-electron chi connectivity index (χ2n) is 2.13. The second kappa shape index (κ2) is 3.26. The molecule has 0 aliphatic heterocycles. The minimum atomic E-state index is -0.572. The maximum Gasteiger partial charge on any atom is 0.143 e. The van der Waals surface area contributed by atoms with Crippen LogP contribution in [0.1, 0.15) is 5.56 Å². The number of thiol groups is 1. The van der Waals surface area contributed by atoms with Gasteiger partial charge in [-0.3, -0.25) is 0 Å². The zero-order chi connectivity index (χ0) is 8.59. The molecule has 1 aromatic carbocycles. The second-order valence-corrected chi connectivity index (χ2v) is 3.74. The van der Waals surface area contributed by atoms with E-state index in [2.05, 4.69) is 12.6 Å². The fourth-order valence-electron chi connectivity index (χ4n) is 0.675. The first-order valence-corrected chi connectivity index (χ1v) is 4.39. The van der Waals surface area contributed by atoms with Gasteiger partial charge in [-0.15, -0.1) is 12.6 Å². The maximum atomic E-state index is 12.9. The first kappa shape index (κ1) is 9.25. The molecule has 0 fully saturated rings. The Morgan fingerprint density at radius 3 is 2.55 bits per heavy atom. The molecule has 0 aromatic heterocycles. The van der Waals surface area contributed by atoms with E-state index in [1.807, 2.05) is 22.6 Å². The third-order valence-corrected chi connectivity index (χ3v) is 3.09. The van der Waals surface area contributed by atoms with Gasteiger partial charge in [-0.2, -0.15) is 0 Å². The molecule has 0 atom stereocenters. The third-order valence-electron chi connectivity index (χ3n) is 1.38. The Kier molecular flexibility index (Phi) is 2.74. The SMILES string of the molecule is Cc1c(F)cc(I)c(S)c1F. The number of benzene rings is 1. The fraction of sp³-hybridized carbons (Fsp3) is 0.143. The van der Waals surface area contributed by atoms with Gasteiger partial charge in [0.1, 0.15) is 11.6 Å². The van der Waals surface area contributed by atoms with E-state index in [4.69, 9.17) is 0 Å². The van der Waals surface area contributed by atoms with Crippen molar-refractivity contribution in [2.24, 2.45) is 0 Å². The van der Waals surface area contributed by atoms with E-state index in [9.17, 15) is 8.78 Å². The summed E-state index contributed by atoms with van der Waals surface area (Å²) in [5.74, 6) is -1.09. The van der Waals surface area contributed by atoms with Crippen molar-refractivity contribution in [3.05, 3.63) is 26.8 Å². The molecule has 11 heavy (non-hydrogen) atoms. The molecule has 0 bridgehead atoms. The van der Waals surface area contributed by atoms with Gasteiger partial charge in [0.15, 0.2) is 0 Å². The number of hydrogen-bond donors (Lipinski definition) is 1. The van der Waals surface area contributed by atoms with Crippen molar-refractivity contribution in [2.75, 3.05) is 0 Å². The average molecular weight is 286 g/mol. The smallest absolute Gasteiger partial charge is 0.143 e. The summed E-state index contributed by atoms with van der Waals surface area (Å²) in [5.41, 5.74) is 0.0235. The van der Waals surface area contributed by atoms with E-state index < -0.39 is 11.6 Å². The molecule has 0 saturated heterocycles. The van der Waals surface area contributed by atoms with Crippen molar-refractivity contribution in [2.45, 2.75) is 11.8 Å². The first-order chi connectivity index (χ1) is 5.04. The van der Waals surface area contributed by atoms with Crippen molar-refractivity contribution < 1.29 is 8.78 Å². The molecule has 0 radical (unpaired) electrons. The lowest BCUT2D eigenvalue weighted by Gasteiger charge is -2.03. The highest BCUT2D eigenvalue weighted by Gasteiger charge is 2.10. The summed E-state index contributed by atoms with van der Waals surface area (Å²) in [6, 6.07) is 1.27. The van der Waals surface area contributed by atoms with Crippen molar-refractivity contribution >= 4 is 35.2 Å². The van der Waals surface area contributed by atoms with Crippen LogP contribution in [0.2, 0.25) is 0 Å². The monoisotopic (exact) mass is 286 g/mol. The van der Waals surface area contributed by atoms with Crippen molar-refractivity contribution in [3.8, 4) is 0 Å². The lowest BCUT2D eigenvalue weighted by atomic mass is 10.2. The minimum Gasteiger partial charge on any atom is -0.207 e. The molecular formula is C7H5F2IS. The molecule has 0 amide bonds. The van der Waals surface area contributed by atoms with Crippen LogP contribution in [0.15, 0.2) is 11.0 Å². The van der Waals surface area contributed by atoms with Crippen LogP contribution in [0, 0.1) is 22.1 Å². The number of halogens is 3. The van der Waals surface area contributed by atoms with Crippen LogP contribution in [-0.2, 0) is 0 Å². The van der Waals surface area contributed by atoms with Crippen molar-refractivity contribution in [1.29, 1.82) is 0 Å². The third kappa shape index (κ3) is 1.66. The summed E-state index contributed by atoms with van der Waals surface area (Å²) < 4.78 is 26.2. The molecule has 0 aliphatic carbocycles. The Balaban J connectivity index is 3.46. The fourth-order valence-corrected chi connectivity index (χ4v) is 1.42. The van der Waals surface area contributed by atoms with Crippen LogP contribution in [-0.4, -0.2) is 0 Å². The summed E-state index contributed by atoms with van der Waals surface area (Å²) >= 11 is 5.71. The predicted molar refractivity (Wildman–Crippen MR) is 51.1 cm³/mol. The zero-order valence-electron chi connectivity index (χ0n) is 5.66. The van der Waals surface area contributed by atoms with Crippen LogP contribution in [0.5, 0.6) is 0 Å². The van der Waals surface area contributed by atoms with Gasteiger partial charge in [-0.25, -0.2) is 8.78 Å². The summed E-state index contributed by atoms with van der Waals surface area (Å²) in [6.45, 7) is 1.39. The van der Waals surface area contributed by atoms with Gasteiger partial charge in [0.2, 0.25) is 0 Å². The van der Waals surface area contributed by atoms with Crippen LogP contribution in [0.25, 0.3) is 0 Å². The summed E-state index contributed by atoms with van der Waals surface area (Å²) in [6.07, 6.45) is 0. The van der Waals surface area contributed by atoms with Crippen molar-refractivity contribution in [1.82, 2.24) is 0 Å². The summed E-state index contributed by atoms with van der Waals surface area (Å²) in [5, 5.41) is 0. The highest BCUT2D eigenvalue weighted by molar-refractivity contribution is 14.1. The zero-order valence-corrected chi connectivity index (χ0v) is 8.71. The minimum absolute atomic E-state index is 0.0235. The van der Waals surface area contributed by atoms with Crippen LogP contribution in [0.3, 0.4) is 0 Å². The molecule has 0 unspecified atom stereocenters. The molecule has 0 aliphatic rings. The van der Waals surface area contributed by atoms with E-state index >= 15 is 0 Å². The van der Waals surface area contributed by atoms with E-state index in [0.717, 1.165) is 0 Å². The molecule has 1 rings (SSSR count). The highest BCUT2D eigenvalue weighted by Crippen LogP contribution is 2.24. The lowest BCUT2D eigenvalue weighted by molar-refractivity contribution is 0.548. The van der Waals surface area contributed by atoms with E-state index in [-0.39, 0.29) is 10.5 Å². The van der Waals surface area contributed by atoms with Gasteiger partial charge in [0.25, 0.3) is 0 Å².